The summed E-state index contributed by atoms with van der Waals surface area (Å²) in [6, 6.07) is 7.12. The van der Waals surface area contributed by atoms with Crippen LogP contribution in [0.25, 0.3) is 10.6 Å². The zero-order chi connectivity index (χ0) is 19.1. The molecular weight excluding hydrogens is 462 g/mol. The summed E-state index contributed by atoms with van der Waals surface area (Å²) in [5.41, 5.74) is -1.33. The highest BCUT2D eigenvalue weighted by atomic mass is 79.9. The van der Waals surface area contributed by atoms with Crippen molar-refractivity contribution < 1.29 is 26.0 Å². The van der Waals surface area contributed by atoms with E-state index in [9.17, 15) is 26.0 Å². The van der Waals surface area contributed by atoms with Crippen LogP contribution in [0, 0.1) is 5.82 Å². The highest BCUT2D eigenvalue weighted by Crippen LogP contribution is 2.34. The lowest BCUT2D eigenvalue weighted by Gasteiger charge is -2.07. The molecule has 3 aromatic rings. The Hall–Kier alpha value is -1.92. The maximum atomic E-state index is 13.8. The topological polar surface area (TPSA) is 74.8 Å². The van der Waals surface area contributed by atoms with Crippen LogP contribution in [0.2, 0.25) is 0 Å². The molecule has 0 unspecified atom stereocenters. The number of H-pyrrole nitrogens is 1. The van der Waals surface area contributed by atoms with Gasteiger partial charge in [-0.1, -0.05) is 15.9 Å². The predicted octanol–water partition coefficient (Wildman–Crippen LogP) is 4.86. The van der Waals surface area contributed by atoms with Crippen LogP contribution in [0.4, 0.5) is 23.2 Å². The molecule has 3 rings (SSSR count). The molecule has 0 aliphatic carbocycles. The molecular formula is C14H8BrF4N3O2S2. The minimum Gasteiger partial charge on any atom is -0.276 e. The predicted molar refractivity (Wildman–Crippen MR) is 91.8 cm³/mol. The van der Waals surface area contributed by atoms with Gasteiger partial charge >= 0.3 is 6.18 Å². The number of nitrogens with zero attached hydrogens (tertiary/aromatic N) is 1. The van der Waals surface area contributed by atoms with Crippen molar-refractivity contribution >= 4 is 43.0 Å². The fourth-order valence-corrected chi connectivity index (χ4v) is 4.63. The second-order valence-electron chi connectivity index (χ2n) is 5.01. The summed E-state index contributed by atoms with van der Waals surface area (Å²) in [5.74, 6) is -0.776. The van der Waals surface area contributed by atoms with Crippen LogP contribution in [0.1, 0.15) is 5.69 Å². The molecule has 0 aliphatic heterocycles. The SMILES string of the molecule is O=S(=O)(Nc1ccc(Br)cc1F)c1ccc(-c2cc(C(F)(F)F)[nH]n2)s1. The van der Waals surface area contributed by atoms with Crippen molar-refractivity contribution in [3.05, 3.63) is 52.4 Å². The van der Waals surface area contributed by atoms with E-state index in [1.807, 2.05) is 5.10 Å². The molecule has 0 atom stereocenters. The maximum absolute atomic E-state index is 13.8. The van der Waals surface area contributed by atoms with Crippen LogP contribution in [0.15, 0.2) is 45.1 Å². The fourth-order valence-electron chi connectivity index (χ4n) is 1.96. The summed E-state index contributed by atoms with van der Waals surface area (Å²) < 4.78 is 78.7. The lowest BCUT2D eigenvalue weighted by atomic mass is 10.3. The molecule has 0 amide bonds. The average molecular weight is 470 g/mol. The first-order chi connectivity index (χ1) is 12.1. The first-order valence-electron chi connectivity index (χ1n) is 6.77. The summed E-state index contributed by atoms with van der Waals surface area (Å²) >= 11 is 3.77. The van der Waals surface area contributed by atoms with Gasteiger partial charge < -0.3 is 0 Å². The van der Waals surface area contributed by atoms with Crippen LogP contribution in [-0.2, 0) is 16.2 Å². The molecule has 2 aromatic heterocycles. The standard InChI is InChI=1S/C14H8BrF4N3O2S2/c15-7-1-2-9(8(16)5-7)22-26(23,24)13-4-3-11(25-13)10-6-12(21-20-10)14(17,18)19/h1-6,22H,(H,20,21). The number of benzene rings is 1. The number of rotatable bonds is 4. The van der Waals surface area contributed by atoms with Crippen molar-refractivity contribution in [2.24, 2.45) is 0 Å². The monoisotopic (exact) mass is 469 g/mol. The molecule has 0 aliphatic rings. The molecule has 2 N–H and O–H groups in total. The first kappa shape index (κ1) is 18.9. The Bertz CT molecular complexity index is 1060. The third-order valence-electron chi connectivity index (χ3n) is 3.16. The molecule has 5 nitrogen and oxygen atoms in total. The minimum atomic E-state index is -4.59. The van der Waals surface area contributed by atoms with Gasteiger partial charge in [0.2, 0.25) is 0 Å². The number of aromatic amines is 1. The number of aromatic nitrogens is 2. The van der Waals surface area contributed by atoms with Gasteiger partial charge in [-0.25, -0.2) is 12.8 Å². The number of hydrogen-bond acceptors (Lipinski definition) is 4. The van der Waals surface area contributed by atoms with Crippen molar-refractivity contribution in [2.45, 2.75) is 10.4 Å². The molecule has 0 radical (unpaired) electrons. The number of alkyl halides is 3. The minimum absolute atomic E-state index is 0.0430. The largest absolute Gasteiger partial charge is 0.432 e. The zero-order valence-corrected chi connectivity index (χ0v) is 15.7. The molecule has 12 heteroatoms. The van der Waals surface area contributed by atoms with E-state index >= 15 is 0 Å². The Morgan fingerprint density at radius 2 is 1.88 bits per heavy atom. The van der Waals surface area contributed by atoms with Crippen molar-refractivity contribution in [1.29, 1.82) is 0 Å². The van der Waals surface area contributed by atoms with E-state index in [1.54, 1.807) is 0 Å². The first-order valence-corrected chi connectivity index (χ1v) is 9.86. The summed E-state index contributed by atoms with van der Waals surface area (Å²) in [4.78, 5) is 0.216. The van der Waals surface area contributed by atoms with E-state index in [1.165, 1.54) is 24.3 Å². The van der Waals surface area contributed by atoms with Gasteiger partial charge in [0.05, 0.1) is 10.6 Å². The highest BCUT2D eigenvalue weighted by molar-refractivity contribution is 9.10. The number of hydrogen-bond donors (Lipinski definition) is 2. The van der Waals surface area contributed by atoms with Crippen molar-refractivity contribution in [1.82, 2.24) is 10.2 Å². The summed E-state index contributed by atoms with van der Waals surface area (Å²) in [6.07, 6.45) is -4.59. The summed E-state index contributed by atoms with van der Waals surface area (Å²) in [7, 11) is -4.10. The van der Waals surface area contributed by atoms with Gasteiger partial charge in [0.25, 0.3) is 10.0 Å². The lowest BCUT2D eigenvalue weighted by molar-refractivity contribution is -0.141. The van der Waals surface area contributed by atoms with E-state index in [-0.39, 0.29) is 20.5 Å². The normalized spacial score (nSPS) is 12.3. The molecule has 26 heavy (non-hydrogen) atoms. The third kappa shape index (κ3) is 3.91. The smallest absolute Gasteiger partial charge is 0.276 e. The van der Waals surface area contributed by atoms with E-state index in [4.69, 9.17) is 0 Å². The third-order valence-corrected chi connectivity index (χ3v) is 6.62. The molecule has 0 saturated heterocycles. The van der Waals surface area contributed by atoms with E-state index in [2.05, 4.69) is 25.8 Å². The van der Waals surface area contributed by atoms with Crippen molar-refractivity contribution in [2.75, 3.05) is 4.72 Å². The molecule has 0 saturated carbocycles. The molecule has 0 spiro atoms. The van der Waals surface area contributed by atoms with Crippen LogP contribution >= 0.6 is 27.3 Å². The van der Waals surface area contributed by atoms with Gasteiger partial charge in [-0.3, -0.25) is 9.82 Å². The summed E-state index contributed by atoms with van der Waals surface area (Å²) in [5, 5.41) is 5.40. The van der Waals surface area contributed by atoms with Gasteiger partial charge in [0.1, 0.15) is 21.4 Å². The second kappa shape index (κ2) is 6.67. The Morgan fingerprint density at radius 1 is 1.15 bits per heavy atom. The maximum Gasteiger partial charge on any atom is 0.432 e. The quantitative estimate of drug-likeness (QED) is 0.535. The number of nitrogens with one attached hydrogen (secondary N) is 2. The Labute approximate surface area is 157 Å². The molecule has 138 valence electrons. The molecule has 0 fully saturated rings. The van der Waals surface area contributed by atoms with Gasteiger partial charge in [0.15, 0.2) is 0 Å². The van der Waals surface area contributed by atoms with Crippen LogP contribution in [0.5, 0.6) is 0 Å². The van der Waals surface area contributed by atoms with Crippen LogP contribution in [0.3, 0.4) is 0 Å². The van der Waals surface area contributed by atoms with E-state index in [0.29, 0.717) is 15.8 Å². The van der Waals surface area contributed by atoms with E-state index < -0.39 is 27.7 Å². The molecule has 2 heterocycles. The van der Waals surface area contributed by atoms with Gasteiger partial charge in [0, 0.05) is 4.47 Å². The Balaban J connectivity index is 1.87. The Morgan fingerprint density at radius 3 is 2.50 bits per heavy atom. The van der Waals surface area contributed by atoms with Crippen molar-refractivity contribution in [3.8, 4) is 10.6 Å². The number of anilines is 1. The fraction of sp³-hybridized carbons (Fsp3) is 0.0714. The number of halogens is 5. The Kier molecular flexibility index (Phi) is 4.84. The van der Waals surface area contributed by atoms with E-state index in [0.717, 1.165) is 12.1 Å². The van der Waals surface area contributed by atoms with Crippen LogP contribution < -0.4 is 4.72 Å². The second-order valence-corrected chi connectivity index (χ2v) is 8.92. The van der Waals surface area contributed by atoms with Gasteiger partial charge in [-0.2, -0.15) is 18.3 Å². The molecule has 1 aromatic carbocycles. The van der Waals surface area contributed by atoms with Gasteiger partial charge in [-0.05, 0) is 36.4 Å². The zero-order valence-electron chi connectivity index (χ0n) is 12.4. The molecule has 0 bridgehead atoms. The number of thiophene rings is 1. The average Bonchev–Trinajstić information content (AvgIpc) is 3.17. The number of sulfonamides is 1. The lowest BCUT2D eigenvalue weighted by Crippen LogP contribution is -2.12. The highest BCUT2D eigenvalue weighted by Gasteiger charge is 2.33. The summed E-state index contributed by atoms with van der Waals surface area (Å²) in [6.45, 7) is 0. The van der Waals surface area contributed by atoms with Crippen molar-refractivity contribution in [3.63, 3.8) is 0 Å². The van der Waals surface area contributed by atoms with Crippen LogP contribution in [-0.4, -0.2) is 18.6 Å². The van der Waals surface area contributed by atoms with Gasteiger partial charge in [-0.15, -0.1) is 11.3 Å².